The monoisotopic (exact) mass is 355 g/mol. The Hall–Kier alpha value is -0.960. The lowest BCUT2D eigenvalue weighted by atomic mass is 10.2. The van der Waals surface area contributed by atoms with Crippen molar-refractivity contribution in [2.75, 3.05) is 19.3 Å². The van der Waals surface area contributed by atoms with E-state index in [-0.39, 0.29) is 0 Å². The van der Waals surface area contributed by atoms with E-state index >= 15 is 0 Å². The Kier molecular flexibility index (Phi) is 4.82. The summed E-state index contributed by atoms with van der Waals surface area (Å²) in [5, 5.41) is 0.686. The smallest absolute Gasteiger partial charge is 0.231 e. The van der Waals surface area contributed by atoms with E-state index in [0.717, 1.165) is 29.8 Å². The number of piperidine rings is 1. The molecular formula is C14H17N3O2S3. The van der Waals surface area contributed by atoms with E-state index in [9.17, 15) is 8.42 Å². The molecular weight excluding hydrogens is 338 g/mol. The molecule has 0 radical (unpaired) electrons. The first-order valence-electron chi connectivity index (χ1n) is 7.08. The van der Waals surface area contributed by atoms with Crippen LogP contribution >= 0.6 is 23.1 Å². The van der Waals surface area contributed by atoms with Gasteiger partial charge in [0.1, 0.15) is 4.21 Å². The van der Waals surface area contributed by atoms with Crippen molar-refractivity contribution in [1.82, 2.24) is 14.3 Å². The predicted molar refractivity (Wildman–Crippen MR) is 89.7 cm³/mol. The number of thiophene rings is 1. The minimum Gasteiger partial charge on any atom is -0.231 e. The van der Waals surface area contributed by atoms with Gasteiger partial charge in [0.25, 0.3) is 10.0 Å². The Bertz CT molecular complexity index is 752. The molecule has 3 rings (SSSR count). The van der Waals surface area contributed by atoms with Gasteiger partial charge in [0.2, 0.25) is 0 Å². The van der Waals surface area contributed by atoms with Crippen LogP contribution in [-0.2, 0) is 10.0 Å². The molecule has 2 aromatic rings. The minimum absolute atomic E-state index is 0.397. The van der Waals surface area contributed by atoms with Crippen molar-refractivity contribution in [2.45, 2.75) is 28.6 Å². The molecule has 0 aliphatic carbocycles. The van der Waals surface area contributed by atoms with Gasteiger partial charge in [0.15, 0.2) is 5.16 Å². The Morgan fingerprint density at radius 2 is 1.95 bits per heavy atom. The van der Waals surface area contributed by atoms with Gasteiger partial charge in [-0.05, 0) is 37.3 Å². The van der Waals surface area contributed by atoms with Gasteiger partial charge < -0.3 is 0 Å². The molecule has 22 heavy (non-hydrogen) atoms. The van der Waals surface area contributed by atoms with Crippen LogP contribution in [0, 0.1) is 0 Å². The van der Waals surface area contributed by atoms with Gasteiger partial charge >= 0.3 is 0 Å². The standard InChI is InChI=1S/C14H17N3O2S3/c1-20-14-15-8-7-11(16-14)12-5-6-13(21-12)22(18,19)17-9-3-2-4-10-17/h5-8H,2-4,9-10H2,1H3. The van der Waals surface area contributed by atoms with Crippen LogP contribution in [0.5, 0.6) is 0 Å². The zero-order chi connectivity index (χ0) is 15.6. The summed E-state index contributed by atoms with van der Waals surface area (Å²) < 4.78 is 27.3. The summed E-state index contributed by atoms with van der Waals surface area (Å²) in [6.07, 6.45) is 6.62. The van der Waals surface area contributed by atoms with Gasteiger partial charge in [-0.2, -0.15) is 4.31 Å². The number of hydrogen-bond acceptors (Lipinski definition) is 6. The summed E-state index contributed by atoms with van der Waals surface area (Å²) in [5.74, 6) is 0. The van der Waals surface area contributed by atoms with E-state index < -0.39 is 10.0 Å². The number of thioether (sulfide) groups is 1. The molecule has 0 amide bonds. The number of hydrogen-bond donors (Lipinski definition) is 0. The first kappa shape index (κ1) is 15.9. The maximum atomic E-state index is 12.7. The summed E-state index contributed by atoms with van der Waals surface area (Å²) in [6.45, 7) is 1.25. The third-order valence-corrected chi connectivity index (χ3v) is 7.59. The highest BCUT2D eigenvalue weighted by molar-refractivity contribution is 7.98. The fourth-order valence-corrected chi connectivity index (χ4v) is 5.71. The number of rotatable bonds is 4. The van der Waals surface area contributed by atoms with E-state index in [4.69, 9.17) is 0 Å². The van der Waals surface area contributed by atoms with E-state index in [2.05, 4.69) is 9.97 Å². The van der Waals surface area contributed by atoms with Crippen LogP contribution in [0.15, 0.2) is 33.8 Å². The SMILES string of the molecule is CSc1nccc(-c2ccc(S(=O)(=O)N3CCCCC3)s2)n1. The largest absolute Gasteiger partial charge is 0.252 e. The predicted octanol–water partition coefficient (Wildman–Crippen LogP) is 3.10. The molecule has 1 aliphatic rings. The topological polar surface area (TPSA) is 63.2 Å². The molecule has 0 atom stereocenters. The lowest BCUT2D eigenvalue weighted by Gasteiger charge is -2.25. The Morgan fingerprint density at radius 1 is 1.18 bits per heavy atom. The Morgan fingerprint density at radius 3 is 2.68 bits per heavy atom. The first-order chi connectivity index (χ1) is 10.6. The zero-order valence-corrected chi connectivity index (χ0v) is 14.7. The van der Waals surface area contributed by atoms with Gasteiger partial charge in [0.05, 0.1) is 10.6 Å². The summed E-state index contributed by atoms with van der Waals surface area (Å²) in [4.78, 5) is 9.42. The third kappa shape index (κ3) is 3.19. The van der Waals surface area contributed by atoms with Crippen molar-refractivity contribution in [3.63, 3.8) is 0 Å². The second kappa shape index (κ2) is 6.66. The number of aromatic nitrogens is 2. The van der Waals surface area contributed by atoms with Crippen LogP contribution in [0.1, 0.15) is 19.3 Å². The normalized spacial score (nSPS) is 16.8. The third-order valence-electron chi connectivity index (χ3n) is 3.56. The van der Waals surface area contributed by atoms with E-state index in [1.54, 1.807) is 16.6 Å². The number of sulfonamides is 1. The van der Waals surface area contributed by atoms with Gasteiger partial charge in [0, 0.05) is 19.3 Å². The molecule has 2 aromatic heterocycles. The molecule has 0 saturated carbocycles. The maximum absolute atomic E-state index is 12.7. The van der Waals surface area contributed by atoms with Gasteiger partial charge in [-0.15, -0.1) is 11.3 Å². The van der Waals surface area contributed by atoms with Crippen molar-refractivity contribution >= 4 is 33.1 Å². The summed E-state index contributed by atoms with van der Waals surface area (Å²) in [5.41, 5.74) is 0.768. The molecule has 0 aromatic carbocycles. The highest BCUT2D eigenvalue weighted by Gasteiger charge is 2.27. The zero-order valence-electron chi connectivity index (χ0n) is 12.2. The van der Waals surface area contributed by atoms with Crippen molar-refractivity contribution in [3.05, 3.63) is 24.4 Å². The molecule has 1 saturated heterocycles. The summed E-state index contributed by atoms with van der Waals surface area (Å²) >= 11 is 2.75. The van der Waals surface area contributed by atoms with Gasteiger partial charge in [-0.1, -0.05) is 18.2 Å². The minimum atomic E-state index is -3.36. The second-order valence-corrected chi connectivity index (χ2v) is 9.03. The van der Waals surface area contributed by atoms with Crippen LogP contribution in [0.3, 0.4) is 0 Å². The van der Waals surface area contributed by atoms with Gasteiger partial charge in [-0.3, -0.25) is 0 Å². The van der Waals surface area contributed by atoms with E-state index in [1.165, 1.54) is 23.1 Å². The van der Waals surface area contributed by atoms with E-state index in [0.29, 0.717) is 22.5 Å². The lowest BCUT2D eigenvalue weighted by Crippen LogP contribution is -2.35. The molecule has 0 unspecified atom stereocenters. The molecule has 1 fully saturated rings. The Labute approximate surface area is 138 Å². The Balaban J connectivity index is 1.89. The molecule has 1 aliphatic heterocycles. The molecule has 8 heteroatoms. The quantitative estimate of drug-likeness (QED) is 0.623. The van der Waals surface area contributed by atoms with Crippen molar-refractivity contribution in [1.29, 1.82) is 0 Å². The van der Waals surface area contributed by atoms with Crippen LogP contribution in [0.25, 0.3) is 10.6 Å². The van der Waals surface area contributed by atoms with Crippen LogP contribution in [0.2, 0.25) is 0 Å². The highest BCUT2D eigenvalue weighted by atomic mass is 32.2. The fourth-order valence-electron chi connectivity index (χ4n) is 2.41. The molecule has 118 valence electrons. The average molecular weight is 356 g/mol. The van der Waals surface area contributed by atoms with Crippen molar-refractivity contribution < 1.29 is 8.42 Å². The average Bonchev–Trinajstić information content (AvgIpc) is 3.06. The van der Waals surface area contributed by atoms with Crippen LogP contribution in [0.4, 0.5) is 0 Å². The summed E-state index contributed by atoms with van der Waals surface area (Å²) in [6, 6.07) is 5.32. The molecule has 5 nitrogen and oxygen atoms in total. The molecule has 0 N–H and O–H groups in total. The van der Waals surface area contributed by atoms with Crippen LogP contribution in [-0.4, -0.2) is 42.0 Å². The molecule has 3 heterocycles. The highest BCUT2D eigenvalue weighted by Crippen LogP contribution is 2.32. The maximum Gasteiger partial charge on any atom is 0.252 e. The fraction of sp³-hybridized carbons (Fsp3) is 0.429. The number of nitrogens with zero attached hydrogens (tertiary/aromatic N) is 3. The van der Waals surface area contributed by atoms with E-state index in [1.807, 2.05) is 18.4 Å². The van der Waals surface area contributed by atoms with Crippen molar-refractivity contribution in [3.8, 4) is 10.6 Å². The second-order valence-electron chi connectivity index (χ2n) is 5.01. The lowest BCUT2D eigenvalue weighted by molar-refractivity contribution is 0.347. The van der Waals surface area contributed by atoms with Gasteiger partial charge in [-0.25, -0.2) is 18.4 Å². The first-order valence-corrected chi connectivity index (χ1v) is 10.6. The summed E-state index contributed by atoms with van der Waals surface area (Å²) in [7, 11) is -3.36. The molecule has 0 spiro atoms. The van der Waals surface area contributed by atoms with Crippen molar-refractivity contribution in [2.24, 2.45) is 0 Å². The van der Waals surface area contributed by atoms with Crippen LogP contribution < -0.4 is 0 Å². The molecule has 0 bridgehead atoms.